The van der Waals surface area contributed by atoms with Crippen LogP contribution in [0.3, 0.4) is 0 Å². The number of hydrogen-bond acceptors (Lipinski definition) is 5. The van der Waals surface area contributed by atoms with Crippen LogP contribution in [0.1, 0.15) is 74.7 Å². The van der Waals surface area contributed by atoms with Gasteiger partial charge in [0.1, 0.15) is 6.23 Å². The molecule has 3 aromatic carbocycles. The first-order chi connectivity index (χ1) is 20.8. The van der Waals surface area contributed by atoms with Gasteiger partial charge in [0.05, 0.1) is 24.0 Å². The van der Waals surface area contributed by atoms with Crippen molar-refractivity contribution < 1.29 is 19.5 Å². The average molecular weight is 578 g/mol. The summed E-state index contributed by atoms with van der Waals surface area (Å²) >= 11 is 0. The lowest BCUT2D eigenvalue weighted by atomic mass is 9.97. The number of piperidine rings is 2. The van der Waals surface area contributed by atoms with Crippen LogP contribution in [0, 0.1) is 13.8 Å². The molecule has 1 aromatic heterocycles. The Bertz CT molecular complexity index is 1750. The van der Waals surface area contributed by atoms with Gasteiger partial charge in [-0.2, -0.15) is 5.10 Å². The molecule has 9 nitrogen and oxygen atoms in total. The van der Waals surface area contributed by atoms with Crippen LogP contribution in [0.2, 0.25) is 0 Å². The van der Waals surface area contributed by atoms with E-state index in [0.29, 0.717) is 31.5 Å². The molecular formula is C34H35N5O4. The Morgan fingerprint density at radius 2 is 1.74 bits per heavy atom. The second kappa shape index (κ2) is 10.6. The van der Waals surface area contributed by atoms with Crippen LogP contribution in [-0.4, -0.2) is 62.9 Å². The van der Waals surface area contributed by atoms with Gasteiger partial charge >= 0.3 is 0 Å². The largest absolute Gasteiger partial charge is 0.372 e. The number of rotatable bonds is 5. The highest BCUT2D eigenvalue weighted by Gasteiger charge is 2.40. The van der Waals surface area contributed by atoms with Crippen LogP contribution in [-0.2, 0) is 11.2 Å². The number of likely N-dealkylation sites (tertiary alicyclic amines) is 1. The fraction of sp³-hybridized carbons (Fsp3) is 0.353. The number of aromatic nitrogens is 2. The van der Waals surface area contributed by atoms with Gasteiger partial charge in [-0.3, -0.25) is 19.1 Å². The van der Waals surface area contributed by atoms with E-state index in [1.807, 2.05) is 72.1 Å². The third-order valence-electron chi connectivity index (χ3n) is 9.36. The molecule has 0 bridgehead atoms. The maximum Gasteiger partial charge on any atom is 0.259 e. The Morgan fingerprint density at radius 1 is 1.00 bits per heavy atom. The number of carbonyl (C=O) groups is 3. The zero-order valence-corrected chi connectivity index (χ0v) is 24.4. The van der Waals surface area contributed by atoms with Crippen molar-refractivity contribution in [1.29, 1.82) is 0 Å². The predicted molar refractivity (Wildman–Crippen MR) is 163 cm³/mol. The zero-order valence-electron chi connectivity index (χ0n) is 24.4. The monoisotopic (exact) mass is 577 g/mol. The van der Waals surface area contributed by atoms with E-state index in [1.54, 1.807) is 4.90 Å². The minimum atomic E-state index is -1.10. The molecule has 43 heavy (non-hydrogen) atoms. The van der Waals surface area contributed by atoms with Crippen LogP contribution in [0.25, 0.3) is 10.8 Å². The van der Waals surface area contributed by atoms with Gasteiger partial charge in [-0.25, -0.2) is 0 Å². The Labute approximate surface area is 250 Å². The van der Waals surface area contributed by atoms with E-state index in [1.165, 1.54) is 0 Å². The molecule has 7 rings (SSSR count). The van der Waals surface area contributed by atoms with Crippen molar-refractivity contribution in [2.45, 2.75) is 64.3 Å². The molecule has 2 saturated heterocycles. The molecular weight excluding hydrogens is 542 g/mol. The fourth-order valence-electron chi connectivity index (χ4n) is 7.12. The molecule has 4 aromatic rings. The van der Waals surface area contributed by atoms with Crippen LogP contribution < -0.4 is 10.2 Å². The summed E-state index contributed by atoms with van der Waals surface area (Å²) in [7, 11) is 0. The first kappa shape index (κ1) is 27.3. The first-order valence-corrected chi connectivity index (χ1v) is 15.0. The van der Waals surface area contributed by atoms with E-state index in [0.717, 1.165) is 57.1 Å². The van der Waals surface area contributed by atoms with E-state index in [9.17, 15) is 19.5 Å². The first-order valence-electron chi connectivity index (χ1n) is 15.0. The number of aryl methyl sites for hydroxylation is 2. The maximum absolute atomic E-state index is 13.5. The van der Waals surface area contributed by atoms with Gasteiger partial charge < -0.3 is 20.2 Å². The lowest BCUT2D eigenvalue weighted by Crippen LogP contribution is -2.56. The molecule has 220 valence electrons. The summed E-state index contributed by atoms with van der Waals surface area (Å²) in [4.78, 5) is 42.1. The number of anilines is 1. The third kappa shape index (κ3) is 4.68. The second-order valence-corrected chi connectivity index (χ2v) is 12.1. The van der Waals surface area contributed by atoms with Gasteiger partial charge in [0, 0.05) is 48.6 Å². The molecule has 2 atom stereocenters. The van der Waals surface area contributed by atoms with Crippen LogP contribution in [0.5, 0.6) is 0 Å². The van der Waals surface area contributed by atoms with Gasteiger partial charge in [-0.05, 0) is 72.9 Å². The van der Waals surface area contributed by atoms with Crippen LogP contribution in [0.4, 0.5) is 5.69 Å². The molecule has 4 heterocycles. The fourth-order valence-corrected chi connectivity index (χ4v) is 7.12. The van der Waals surface area contributed by atoms with E-state index in [4.69, 9.17) is 5.10 Å². The Balaban J connectivity index is 1.07. The summed E-state index contributed by atoms with van der Waals surface area (Å²) in [6.07, 6.45) is 5.97. The number of aliphatic hydroxyl groups is 1. The van der Waals surface area contributed by atoms with E-state index >= 15 is 0 Å². The number of hydrogen-bond donors (Lipinski definition) is 2. The summed E-state index contributed by atoms with van der Waals surface area (Å²) in [5.74, 6) is -0.236. The number of nitrogens with zero attached hydrogens (tertiary/aromatic N) is 4. The Hall–Kier alpha value is -4.50. The highest BCUT2D eigenvalue weighted by atomic mass is 16.3. The molecule has 3 aliphatic heterocycles. The van der Waals surface area contributed by atoms with Crippen molar-refractivity contribution in [2.75, 3.05) is 18.0 Å². The minimum Gasteiger partial charge on any atom is -0.372 e. The minimum absolute atomic E-state index is 0.113. The summed E-state index contributed by atoms with van der Waals surface area (Å²) in [5, 5.41) is 19.8. The zero-order chi connectivity index (χ0) is 29.8. The lowest BCUT2D eigenvalue weighted by molar-refractivity contribution is -0.127. The summed E-state index contributed by atoms with van der Waals surface area (Å²) in [5.41, 5.74) is 6.43. The van der Waals surface area contributed by atoms with Crippen LogP contribution >= 0.6 is 0 Å². The topological polar surface area (TPSA) is 108 Å². The van der Waals surface area contributed by atoms with Crippen molar-refractivity contribution in [3.63, 3.8) is 0 Å². The van der Waals surface area contributed by atoms with E-state index in [-0.39, 0.29) is 30.2 Å². The van der Waals surface area contributed by atoms with Gasteiger partial charge in [-0.15, -0.1) is 0 Å². The number of amides is 3. The normalized spacial score (nSPS) is 20.6. The SMILES string of the molecule is Cc1cccc(C)c1C(=O)N1CCC(n2cc(Cc3ccc4c5c(cccc35)C(=O)N4C3CCC(=O)NC3O)cn2)CC1. The highest BCUT2D eigenvalue weighted by Crippen LogP contribution is 2.42. The van der Waals surface area contributed by atoms with Crippen molar-refractivity contribution in [1.82, 2.24) is 20.0 Å². The predicted octanol–water partition coefficient (Wildman–Crippen LogP) is 4.28. The quantitative estimate of drug-likeness (QED) is 0.368. The molecule has 9 heteroatoms. The molecule has 2 fully saturated rings. The molecule has 0 radical (unpaired) electrons. The summed E-state index contributed by atoms with van der Waals surface area (Å²) < 4.78 is 2.04. The number of aliphatic hydroxyl groups excluding tert-OH is 1. The highest BCUT2D eigenvalue weighted by molar-refractivity contribution is 6.25. The summed E-state index contributed by atoms with van der Waals surface area (Å²) in [6, 6.07) is 15.5. The maximum atomic E-state index is 13.5. The standard InChI is InChI=1S/C34H35N5O4/c1-20-5-3-6-21(2)30(20)34(43)37-15-13-24(14-16-37)38-19-22(18-35-38)17-23-9-10-27-31-25(23)7-4-8-26(31)33(42)39(27)28-11-12-29(40)36-32(28)41/h3-10,18-19,24,28,32,41H,11-17H2,1-2H3,(H,36,40). The van der Waals surface area contributed by atoms with Gasteiger partial charge in [0.15, 0.2) is 0 Å². The Kier molecular flexibility index (Phi) is 6.77. The smallest absolute Gasteiger partial charge is 0.259 e. The van der Waals surface area contributed by atoms with E-state index < -0.39 is 12.3 Å². The molecule has 0 spiro atoms. The lowest BCUT2D eigenvalue weighted by Gasteiger charge is -2.35. The molecule has 3 amide bonds. The van der Waals surface area contributed by atoms with Crippen molar-refractivity contribution in [3.8, 4) is 0 Å². The van der Waals surface area contributed by atoms with Crippen LogP contribution in [0.15, 0.2) is 60.9 Å². The second-order valence-electron chi connectivity index (χ2n) is 12.1. The van der Waals surface area contributed by atoms with Crippen molar-refractivity contribution in [3.05, 3.63) is 94.3 Å². The molecule has 3 aliphatic rings. The van der Waals surface area contributed by atoms with Gasteiger partial charge in [0.2, 0.25) is 5.91 Å². The number of benzene rings is 3. The molecule has 0 aliphatic carbocycles. The molecule has 2 N–H and O–H groups in total. The van der Waals surface area contributed by atoms with Crippen molar-refractivity contribution in [2.24, 2.45) is 0 Å². The Morgan fingerprint density at radius 3 is 2.49 bits per heavy atom. The summed E-state index contributed by atoms with van der Waals surface area (Å²) in [6.45, 7) is 5.39. The molecule has 0 saturated carbocycles. The number of nitrogens with one attached hydrogen (secondary N) is 1. The third-order valence-corrected chi connectivity index (χ3v) is 9.36. The van der Waals surface area contributed by atoms with Gasteiger partial charge in [-0.1, -0.05) is 36.4 Å². The van der Waals surface area contributed by atoms with Gasteiger partial charge in [0.25, 0.3) is 11.8 Å². The van der Waals surface area contributed by atoms with E-state index in [2.05, 4.69) is 17.6 Å². The molecule has 2 unspecified atom stereocenters. The average Bonchev–Trinajstić information content (AvgIpc) is 3.58. The number of carbonyl (C=O) groups excluding carboxylic acids is 3. The van der Waals surface area contributed by atoms with Crippen molar-refractivity contribution >= 4 is 34.2 Å².